The molecule has 0 bridgehead atoms. The number of rotatable bonds is 14. The van der Waals surface area contributed by atoms with Crippen molar-refractivity contribution in [3.05, 3.63) is 41.5 Å². The van der Waals surface area contributed by atoms with Gasteiger partial charge in [0.1, 0.15) is 11.5 Å². The monoisotopic (exact) mass is 728 g/mol. The van der Waals surface area contributed by atoms with E-state index in [1.54, 1.807) is 13.2 Å². The summed E-state index contributed by atoms with van der Waals surface area (Å²) in [5, 5.41) is 0. The van der Waals surface area contributed by atoms with Crippen molar-refractivity contribution in [2.75, 3.05) is 7.11 Å². The molecular weight excluding hydrogens is 664 g/mol. The van der Waals surface area contributed by atoms with Crippen molar-refractivity contribution in [3.8, 4) is 34.5 Å². The first-order valence-electron chi connectivity index (χ1n) is 21.6. The van der Waals surface area contributed by atoms with Crippen LogP contribution in [-0.2, 0) is 0 Å². The van der Waals surface area contributed by atoms with Gasteiger partial charge >= 0.3 is 0 Å². The molecule has 0 amide bonds. The van der Waals surface area contributed by atoms with Crippen molar-refractivity contribution in [1.82, 2.24) is 0 Å². The SMILES string of the molecule is COc1cc(OC2CCCCC2)cc(C=CC(=O)c2cc(OC3CCCCC3)cc(OC3CCCCC3)c2OC2CCCCC2)c1OC1CCCCC1. The summed E-state index contributed by atoms with van der Waals surface area (Å²) in [6, 6.07) is 7.91. The van der Waals surface area contributed by atoms with E-state index in [4.69, 9.17) is 28.4 Å². The second-order valence-corrected chi connectivity index (χ2v) is 16.4. The molecule has 290 valence electrons. The third-order valence-electron chi connectivity index (χ3n) is 12.2. The lowest BCUT2D eigenvalue weighted by atomic mass is 9.96. The summed E-state index contributed by atoms with van der Waals surface area (Å²) in [5.41, 5.74) is 1.29. The zero-order valence-electron chi connectivity index (χ0n) is 32.4. The Morgan fingerprint density at radius 1 is 0.472 bits per heavy atom. The first-order chi connectivity index (χ1) is 26.1. The van der Waals surface area contributed by atoms with Crippen molar-refractivity contribution in [2.24, 2.45) is 0 Å². The molecule has 0 saturated heterocycles. The highest BCUT2D eigenvalue weighted by molar-refractivity contribution is 6.09. The number of hydrogen-bond donors (Lipinski definition) is 0. The molecule has 0 aromatic heterocycles. The minimum atomic E-state index is -0.139. The van der Waals surface area contributed by atoms with Gasteiger partial charge in [-0.25, -0.2) is 0 Å². The van der Waals surface area contributed by atoms with Crippen LogP contribution in [0.2, 0.25) is 0 Å². The molecule has 5 fully saturated rings. The van der Waals surface area contributed by atoms with E-state index in [0.717, 1.165) is 114 Å². The van der Waals surface area contributed by atoms with E-state index in [1.165, 1.54) is 57.8 Å². The number of carbonyl (C=O) groups excluding carboxylic acids is 1. The maximum Gasteiger partial charge on any atom is 0.189 e. The van der Waals surface area contributed by atoms with Gasteiger partial charge in [0, 0.05) is 17.7 Å². The van der Waals surface area contributed by atoms with Crippen LogP contribution in [0.3, 0.4) is 0 Å². The molecule has 53 heavy (non-hydrogen) atoms. The van der Waals surface area contributed by atoms with Gasteiger partial charge in [0.15, 0.2) is 28.8 Å². The highest BCUT2D eigenvalue weighted by Crippen LogP contribution is 2.43. The van der Waals surface area contributed by atoms with Crippen LogP contribution in [0.4, 0.5) is 0 Å². The summed E-state index contributed by atoms with van der Waals surface area (Å²) in [4.78, 5) is 14.6. The van der Waals surface area contributed by atoms with E-state index >= 15 is 0 Å². The van der Waals surface area contributed by atoms with Gasteiger partial charge in [0.2, 0.25) is 0 Å². The van der Waals surface area contributed by atoms with Gasteiger partial charge in [0.25, 0.3) is 0 Å². The Kier molecular flexibility index (Phi) is 13.8. The van der Waals surface area contributed by atoms with E-state index < -0.39 is 0 Å². The van der Waals surface area contributed by atoms with Crippen molar-refractivity contribution >= 4 is 11.9 Å². The topological polar surface area (TPSA) is 72.5 Å². The maximum absolute atomic E-state index is 14.6. The Labute approximate surface area is 318 Å². The summed E-state index contributed by atoms with van der Waals surface area (Å²) in [5.74, 6) is 3.85. The lowest BCUT2D eigenvalue weighted by Crippen LogP contribution is -2.24. The van der Waals surface area contributed by atoms with E-state index in [0.29, 0.717) is 34.3 Å². The normalized spacial score (nSPS) is 21.7. The highest BCUT2D eigenvalue weighted by atomic mass is 16.5. The minimum absolute atomic E-state index is 0.0615. The predicted molar refractivity (Wildman–Crippen MR) is 210 cm³/mol. The molecule has 0 radical (unpaired) electrons. The van der Waals surface area contributed by atoms with Crippen LogP contribution in [0.15, 0.2) is 30.3 Å². The van der Waals surface area contributed by atoms with Crippen molar-refractivity contribution in [1.29, 1.82) is 0 Å². The molecule has 5 aliphatic carbocycles. The van der Waals surface area contributed by atoms with E-state index in [2.05, 4.69) is 0 Å². The molecule has 2 aromatic carbocycles. The number of ether oxygens (including phenoxy) is 6. The van der Waals surface area contributed by atoms with Gasteiger partial charge < -0.3 is 28.4 Å². The van der Waals surface area contributed by atoms with Gasteiger partial charge in [-0.1, -0.05) is 32.1 Å². The first kappa shape index (κ1) is 37.9. The fourth-order valence-corrected chi connectivity index (χ4v) is 9.17. The number of hydrogen-bond acceptors (Lipinski definition) is 7. The maximum atomic E-state index is 14.6. The number of carbonyl (C=O) groups is 1. The minimum Gasteiger partial charge on any atom is -0.493 e. The van der Waals surface area contributed by atoms with Crippen LogP contribution in [0.1, 0.15) is 176 Å². The molecule has 0 atom stereocenters. The van der Waals surface area contributed by atoms with Crippen LogP contribution < -0.4 is 28.4 Å². The number of benzene rings is 2. The lowest BCUT2D eigenvalue weighted by Gasteiger charge is -2.29. The highest BCUT2D eigenvalue weighted by Gasteiger charge is 2.28. The molecular formula is C46H64O7. The molecule has 7 rings (SSSR count). The van der Waals surface area contributed by atoms with Crippen molar-refractivity contribution < 1.29 is 33.2 Å². The van der Waals surface area contributed by atoms with Crippen LogP contribution >= 0.6 is 0 Å². The number of allylic oxidation sites excluding steroid dienone is 1. The van der Waals surface area contributed by atoms with E-state index in [1.807, 2.05) is 30.3 Å². The van der Waals surface area contributed by atoms with Gasteiger partial charge in [-0.2, -0.15) is 0 Å². The van der Waals surface area contributed by atoms with Crippen LogP contribution in [0.25, 0.3) is 6.08 Å². The van der Waals surface area contributed by atoms with Crippen LogP contribution in [0.5, 0.6) is 34.5 Å². The summed E-state index contributed by atoms with van der Waals surface area (Å²) in [7, 11) is 1.69. The Balaban J connectivity index is 1.24. The third kappa shape index (κ3) is 10.7. The Morgan fingerprint density at radius 2 is 0.868 bits per heavy atom. The smallest absolute Gasteiger partial charge is 0.189 e. The second-order valence-electron chi connectivity index (χ2n) is 16.4. The fourth-order valence-electron chi connectivity index (χ4n) is 9.17. The third-order valence-corrected chi connectivity index (χ3v) is 12.2. The largest absolute Gasteiger partial charge is 0.493 e. The number of methoxy groups -OCH3 is 1. The summed E-state index contributed by atoms with van der Waals surface area (Å²) in [6.07, 6.45) is 32.3. The quantitative estimate of drug-likeness (QED) is 0.142. The summed E-state index contributed by atoms with van der Waals surface area (Å²) >= 11 is 0. The molecule has 0 aliphatic heterocycles. The molecule has 0 spiro atoms. The molecule has 0 heterocycles. The Bertz CT molecular complexity index is 1490. The molecule has 5 aliphatic rings. The van der Waals surface area contributed by atoms with Gasteiger partial charge in [0.05, 0.1) is 43.2 Å². The standard InChI is InChI=1S/C46H64O7/c1-48-43-31-39(49-34-17-7-2-8-18-34)29-33(45(43)52-37-23-13-5-14-24-37)27-28-42(47)41-30-40(50-35-19-9-3-10-20-35)32-44(51-36-21-11-4-12-22-36)46(41)53-38-25-15-6-16-26-38/h27-32,34-38H,2-26H2,1H3. The zero-order valence-corrected chi connectivity index (χ0v) is 32.4. The van der Waals surface area contributed by atoms with E-state index in [9.17, 15) is 4.79 Å². The zero-order chi connectivity index (χ0) is 36.2. The number of ketones is 1. The summed E-state index contributed by atoms with van der Waals surface area (Å²) < 4.78 is 39.5. The van der Waals surface area contributed by atoms with E-state index in [-0.39, 0.29) is 36.3 Å². The lowest BCUT2D eigenvalue weighted by molar-refractivity contribution is 0.101. The summed E-state index contributed by atoms with van der Waals surface area (Å²) in [6.45, 7) is 0. The van der Waals surface area contributed by atoms with Gasteiger partial charge in [-0.05, 0) is 153 Å². The van der Waals surface area contributed by atoms with Gasteiger partial charge in [-0.15, -0.1) is 0 Å². The average molecular weight is 729 g/mol. The van der Waals surface area contributed by atoms with Crippen molar-refractivity contribution in [3.63, 3.8) is 0 Å². The average Bonchev–Trinajstić information content (AvgIpc) is 3.20. The Hall–Kier alpha value is -3.35. The van der Waals surface area contributed by atoms with Crippen molar-refractivity contribution in [2.45, 2.75) is 191 Å². The first-order valence-corrected chi connectivity index (χ1v) is 21.6. The Morgan fingerprint density at radius 3 is 1.34 bits per heavy atom. The molecule has 0 unspecified atom stereocenters. The fraction of sp³-hybridized carbons (Fsp3) is 0.674. The molecule has 5 saturated carbocycles. The van der Waals surface area contributed by atoms with Crippen LogP contribution in [-0.4, -0.2) is 43.4 Å². The van der Waals surface area contributed by atoms with Crippen LogP contribution in [0, 0.1) is 0 Å². The molecule has 2 aromatic rings. The molecule has 7 nitrogen and oxygen atoms in total. The molecule has 7 heteroatoms. The second kappa shape index (κ2) is 19.3. The predicted octanol–water partition coefficient (Wildman–Crippen LogP) is 12.1. The molecule has 0 N–H and O–H groups in total. The van der Waals surface area contributed by atoms with Gasteiger partial charge in [-0.3, -0.25) is 4.79 Å².